The average Bonchev–Trinajstić information content (AvgIpc) is 3.27. The molecule has 25 heavy (non-hydrogen) atoms. The number of anilines is 1. The van der Waals surface area contributed by atoms with Gasteiger partial charge >= 0.3 is 0 Å². The molecule has 0 saturated heterocycles. The number of benzene rings is 1. The highest BCUT2D eigenvalue weighted by molar-refractivity contribution is 7.12. The molecule has 1 fully saturated rings. The SMILES string of the molecule is Cc1ccc(C2CC2C(=O)Nc2ccccc2C(=O)NCCN)s1.Cl. The second-order valence-electron chi connectivity index (χ2n) is 5.98. The Morgan fingerprint density at radius 3 is 2.68 bits per heavy atom. The number of rotatable bonds is 6. The van der Waals surface area contributed by atoms with E-state index in [1.54, 1.807) is 29.5 Å². The minimum absolute atomic E-state index is 0. The van der Waals surface area contributed by atoms with E-state index >= 15 is 0 Å². The van der Waals surface area contributed by atoms with Crippen molar-refractivity contribution >= 4 is 41.2 Å². The van der Waals surface area contributed by atoms with E-state index in [4.69, 9.17) is 5.73 Å². The third-order valence-corrected chi connectivity index (χ3v) is 5.25. The Kier molecular flexibility index (Phi) is 6.58. The number of carbonyl (C=O) groups excluding carboxylic acids is 2. The highest BCUT2D eigenvalue weighted by atomic mass is 35.5. The summed E-state index contributed by atoms with van der Waals surface area (Å²) in [6, 6.07) is 11.2. The standard InChI is InChI=1S/C18H21N3O2S.ClH/c1-11-6-7-16(24-11)13-10-14(13)18(23)21-15-5-3-2-4-12(15)17(22)20-9-8-19;/h2-7,13-14H,8-10,19H2,1H3,(H,20,22)(H,21,23);1H. The summed E-state index contributed by atoms with van der Waals surface area (Å²) in [5, 5.41) is 5.64. The molecule has 7 heteroatoms. The van der Waals surface area contributed by atoms with Crippen LogP contribution < -0.4 is 16.4 Å². The molecule has 0 spiro atoms. The quantitative estimate of drug-likeness (QED) is 0.721. The molecule has 2 aromatic rings. The van der Waals surface area contributed by atoms with Crippen LogP contribution in [0.4, 0.5) is 5.69 Å². The van der Waals surface area contributed by atoms with Gasteiger partial charge in [0.15, 0.2) is 0 Å². The van der Waals surface area contributed by atoms with Gasteiger partial charge in [0, 0.05) is 34.7 Å². The zero-order chi connectivity index (χ0) is 17.1. The van der Waals surface area contributed by atoms with E-state index in [9.17, 15) is 9.59 Å². The fourth-order valence-corrected chi connectivity index (χ4v) is 3.80. The smallest absolute Gasteiger partial charge is 0.253 e. The van der Waals surface area contributed by atoms with Crippen molar-refractivity contribution in [3.05, 3.63) is 51.7 Å². The monoisotopic (exact) mass is 379 g/mol. The van der Waals surface area contributed by atoms with Crippen LogP contribution in [0.15, 0.2) is 36.4 Å². The first-order valence-electron chi connectivity index (χ1n) is 8.04. The molecule has 1 aromatic carbocycles. The highest BCUT2D eigenvalue weighted by Crippen LogP contribution is 2.50. The van der Waals surface area contributed by atoms with E-state index in [2.05, 4.69) is 29.7 Å². The lowest BCUT2D eigenvalue weighted by atomic mass is 10.1. The van der Waals surface area contributed by atoms with Crippen LogP contribution in [0.3, 0.4) is 0 Å². The van der Waals surface area contributed by atoms with E-state index in [0.717, 1.165) is 6.42 Å². The lowest BCUT2D eigenvalue weighted by Gasteiger charge is -2.11. The van der Waals surface area contributed by atoms with Crippen LogP contribution in [0.5, 0.6) is 0 Å². The van der Waals surface area contributed by atoms with Gasteiger partial charge in [-0.2, -0.15) is 0 Å². The lowest BCUT2D eigenvalue weighted by molar-refractivity contribution is -0.117. The Hall–Kier alpha value is -1.89. The number of amides is 2. The van der Waals surface area contributed by atoms with Crippen molar-refractivity contribution < 1.29 is 9.59 Å². The first-order valence-corrected chi connectivity index (χ1v) is 8.86. The van der Waals surface area contributed by atoms with Gasteiger partial charge in [-0.15, -0.1) is 23.7 Å². The summed E-state index contributed by atoms with van der Waals surface area (Å²) in [7, 11) is 0. The molecule has 1 saturated carbocycles. The molecule has 1 aliphatic rings. The van der Waals surface area contributed by atoms with Crippen LogP contribution in [0.1, 0.15) is 32.5 Å². The predicted molar refractivity (Wildman–Crippen MR) is 104 cm³/mol. The Morgan fingerprint density at radius 2 is 2.00 bits per heavy atom. The number of nitrogens with one attached hydrogen (secondary N) is 2. The number of aryl methyl sites for hydroxylation is 1. The molecule has 2 amide bonds. The number of halogens is 1. The van der Waals surface area contributed by atoms with Gasteiger partial charge in [-0.05, 0) is 37.6 Å². The van der Waals surface area contributed by atoms with Crippen molar-refractivity contribution in [3.63, 3.8) is 0 Å². The number of nitrogens with two attached hydrogens (primary N) is 1. The highest BCUT2D eigenvalue weighted by Gasteiger charge is 2.44. The van der Waals surface area contributed by atoms with Crippen LogP contribution in [-0.2, 0) is 4.79 Å². The molecule has 4 N–H and O–H groups in total. The predicted octanol–water partition coefficient (Wildman–Crippen LogP) is 2.91. The van der Waals surface area contributed by atoms with Gasteiger partial charge in [-0.1, -0.05) is 12.1 Å². The Bertz CT molecular complexity index is 762. The molecule has 134 valence electrons. The summed E-state index contributed by atoms with van der Waals surface area (Å²) in [6.45, 7) is 2.86. The molecule has 3 rings (SSSR count). The third-order valence-electron chi connectivity index (χ3n) is 4.11. The third kappa shape index (κ3) is 4.60. The number of para-hydroxylation sites is 1. The van der Waals surface area contributed by atoms with E-state index in [0.29, 0.717) is 30.3 Å². The van der Waals surface area contributed by atoms with E-state index in [1.807, 2.05) is 6.07 Å². The second kappa shape index (κ2) is 8.47. The maximum absolute atomic E-state index is 12.5. The summed E-state index contributed by atoms with van der Waals surface area (Å²) in [6.07, 6.45) is 0.868. The van der Waals surface area contributed by atoms with Crippen molar-refractivity contribution in [3.8, 4) is 0 Å². The summed E-state index contributed by atoms with van der Waals surface area (Å²) in [5.74, 6) is 0.0489. The Labute approximate surface area is 157 Å². The molecule has 5 nitrogen and oxygen atoms in total. The van der Waals surface area contributed by atoms with Crippen molar-refractivity contribution in [2.75, 3.05) is 18.4 Å². The lowest BCUT2D eigenvalue weighted by Crippen LogP contribution is -2.30. The zero-order valence-electron chi connectivity index (χ0n) is 14.0. The Balaban J connectivity index is 0.00000225. The fourth-order valence-electron chi connectivity index (χ4n) is 2.75. The molecule has 1 aromatic heterocycles. The van der Waals surface area contributed by atoms with Gasteiger partial charge in [-0.3, -0.25) is 9.59 Å². The second-order valence-corrected chi connectivity index (χ2v) is 7.30. The molecular weight excluding hydrogens is 358 g/mol. The van der Waals surface area contributed by atoms with Crippen LogP contribution >= 0.6 is 23.7 Å². The van der Waals surface area contributed by atoms with Gasteiger partial charge in [0.1, 0.15) is 0 Å². The van der Waals surface area contributed by atoms with Crippen molar-refractivity contribution in [2.24, 2.45) is 11.7 Å². The number of thiophene rings is 1. The van der Waals surface area contributed by atoms with E-state index in [1.165, 1.54) is 9.75 Å². The molecular formula is C18H22ClN3O2S. The molecule has 1 aliphatic carbocycles. The number of hydrogen-bond acceptors (Lipinski definition) is 4. The van der Waals surface area contributed by atoms with E-state index in [-0.39, 0.29) is 30.1 Å². The maximum atomic E-state index is 12.5. The molecule has 0 aliphatic heterocycles. The number of carbonyl (C=O) groups is 2. The topological polar surface area (TPSA) is 84.2 Å². The van der Waals surface area contributed by atoms with Gasteiger partial charge in [0.05, 0.1) is 11.3 Å². The zero-order valence-corrected chi connectivity index (χ0v) is 15.6. The largest absolute Gasteiger partial charge is 0.351 e. The average molecular weight is 380 g/mol. The van der Waals surface area contributed by atoms with Crippen LogP contribution in [0.25, 0.3) is 0 Å². The van der Waals surface area contributed by atoms with Crippen molar-refractivity contribution in [1.29, 1.82) is 0 Å². The summed E-state index contributed by atoms with van der Waals surface area (Å²) in [4.78, 5) is 27.2. The minimum atomic E-state index is -0.224. The normalized spacial score (nSPS) is 18.2. The summed E-state index contributed by atoms with van der Waals surface area (Å²) < 4.78 is 0. The molecule has 0 bridgehead atoms. The van der Waals surface area contributed by atoms with Crippen molar-refractivity contribution in [1.82, 2.24) is 5.32 Å². The fraction of sp³-hybridized carbons (Fsp3) is 0.333. The first-order chi connectivity index (χ1) is 11.6. The van der Waals surface area contributed by atoms with Crippen LogP contribution in [-0.4, -0.2) is 24.9 Å². The molecule has 1 heterocycles. The Morgan fingerprint density at radius 1 is 1.24 bits per heavy atom. The minimum Gasteiger partial charge on any atom is -0.351 e. The van der Waals surface area contributed by atoms with Gasteiger partial charge in [-0.25, -0.2) is 0 Å². The maximum Gasteiger partial charge on any atom is 0.253 e. The van der Waals surface area contributed by atoms with Crippen LogP contribution in [0.2, 0.25) is 0 Å². The first kappa shape index (κ1) is 19.4. The van der Waals surface area contributed by atoms with Gasteiger partial charge in [0.2, 0.25) is 5.91 Å². The molecule has 2 unspecified atom stereocenters. The number of hydrogen-bond donors (Lipinski definition) is 3. The van der Waals surface area contributed by atoms with E-state index < -0.39 is 0 Å². The van der Waals surface area contributed by atoms with Crippen LogP contribution in [0, 0.1) is 12.8 Å². The van der Waals surface area contributed by atoms with Gasteiger partial charge in [0.25, 0.3) is 5.91 Å². The molecule has 0 radical (unpaired) electrons. The summed E-state index contributed by atoms with van der Waals surface area (Å²) >= 11 is 1.75. The van der Waals surface area contributed by atoms with Gasteiger partial charge < -0.3 is 16.4 Å². The molecule has 2 atom stereocenters. The summed E-state index contributed by atoms with van der Waals surface area (Å²) in [5.41, 5.74) is 6.42. The van der Waals surface area contributed by atoms with Crippen molar-refractivity contribution in [2.45, 2.75) is 19.3 Å².